The van der Waals surface area contributed by atoms with Gasteiger partial charge in [-0.05, 0) is 32.4 Å². The van der Waals surface area contributed by atoms with Gasteiger partial charge in [-0.3, -0.25) is 0 Å². The first-order valence-corrected chi connectivity index (χ1v) is 10.6. The number of rotatable bonds is 5. The van der Waals surface area contributed by atoms with Crippen molar-refractivity contribution in [1.82, 2.24) is 9.97 Å². The van der Waals surface area contributed by atoms with E-state index in [-0.39, 0.29) is 0 Å². The fourth-order valence-electron chi connectivity index (χ4n) is 1.64. The third kappa shape index (κ3) is 5.51. The van der Waals surface area contributed by atoms with Crippen LogP contribution in [-0.4, -0.2) is 18.0 Å². The monoisotopic (exact) mass is 274 g/mol. The summed E-state index contributed by atoms with van der Waals surface area (Å²) >= 11 is 0. The molecule has 1 aromatic heterocycles. The molecule has 0 amide bonds. The Kier molecular flexibility index (Phi) is 5.67. The second kappa shape index (κ2) is 6.80. The molecule has 0 saturated heterocycles. The fraction of sp³-hybridized carbons (Fsp3) is 0.500. The first-order valence-electron chi connectivity index (χ1n) is 7.04. The Bertz CT molecular complexity index is 482. The van der Waals surface area contributed by atoms with Gasteiger partial charge in [-0.15, -0.1) is 0 Å². The molecule has 0 unspecified atom stereocenters. The number of hydrogen-bond donors (Lipinski definition) is 0. The van der Waals surface area contributed by atoms with Crippen LogP contribution >= 0.6 is 0 Å². The lowest BCUT2D eigenvalue weighted by molar-refractivity contribution is 0.959. The van der Waals surface area contributed by atoms with E-state index in [0.29, 0.717) is 0 Å². The molecule has 0 aliphatic carbocycles. The Labute approximate surface area is 118 Å². The van der Waals surface area contributed by atoms with Crippen molar-refractivity contribution < 1.29 is 0 Å². The summed E-state index contributed by atoms with van der Waals surface area (Å²) in [4.78, 5) is 9.34. The van der Waals surface area contributed by atoms with Crippen molar-refractivity contribution in [3.05, 3.63) is 34.6 Å². The van der Waals surface area contributed by atoms with E-state index >= 15 is 0 Å². The van der Waals surface area contributed by atoms with Crippen molar-refractivity contribution in [2.75, 3.05) is 0 Å². The van der Waals surface area contributed by atoms with Crippen LogP contribution in [0.2, 0.25) is 19.6 Å². The first-order chi connectivity index (χ1) is 8.83. The van der Waals surface area contributed by atoms with Crippen molar-refractivity contribution >= 4 is 20.2 Å². The lowest BCUT2D eigenvalue weighted by atomic mass is 10.2. The molecule has 3 heteroatoms. The molecule has 2 nitrogen and oxygen atoms in total. The molecular formula is C16H26N2Si. The molecule has 0 N–H and O–H groups in total. The summed E-state index contributed by atoms with van der Waals surface area (Å²) in [6.07, 6.45) is 8.66. The standard InChI is InChI=1S/C16H26N2Si/c1-7-8-9-10-15-13(2)18-16(14(3)17-15)11-12-19(4,5)6/h9-12H,7-8H2,1-6H3/b10-9+,12-11+. The van der Waals surface area contributed by atoms with E-state index in [9.17, 15) is 0 Å². The van der Waals surface area contributed by atoms with Crippen LogP contribution in [0.4, 0.5) is 0 Å². The molecule has 0 spiro atoms. The van der Waals surface area contributed by atoms with Crippen molar-refractivity contribution in [3.63, 3.8) is 0 Å². The maximum absolute atomic E-state index is 4.68. The minimum atomic E-state index is -1.18. The topological polar surface area (TPSA) is 25.8 Å². The van der Waals surface area contributed by atoms with Gasteiger partial charge in [-0.1, -0.05) is 44.8 Å². The van der Waals surface area contributed by atoms with E-state index in [0.717, 1.165) is 29.2 Å². The lowest BCUT2D eigenvalue weighted by Crippen LogP contribution is -2.15. The average molecular weight is 274 g/mol. The van der Waals surface area contributed by atoms with Crippen LogP contribution in [-0.2, 0) is 0 Å². The van der Waals surface area contributed by atoms with E-state index in [1.54, 1.807) is 0 Å². The third-order valence-electron chi connectivity index (χ3n) is 2.79. The number of hydrogen-bond acceptors (Lipinski definition) is 2. The molecule has 0 atom stereocenters. The Hall–Kier alpha value is -1.22. The SMILES string of the molecule is CCC/C=C/c1nc(C)c(/C=C/[Si](C)(C)C)nc1C. The second-order valence-electron chi connectivity index (χ2n) is 6.06. The highest BCUT2D eigenvalue weighted by Crippen LogP contribution is 2.13. The molecule has 104 valence electrons. The van der Waals surface area contributed by atoms with Crippen LogP contribution in [0.15, 0.2) is 11.8 Å². The number of allylic oxidation sites excluding steroid dienone is 1. The Morgan fingerprint density at radius 3 is 1.95 bits per heavy atom. The summed E-state index contributed by atoms with van der Waals surface area (Å²) < 4.78 is 0. The smallest absolute Gasteiger partial charge is 0.0842 e. The molecule has 0 aliphatic rings. The molecule has 1 aromatic rings. The fourth-order valence-corrected chi connectivity index (χ4v) is 2.30. The van der Waals surface area contributed by atoms with Crippen LogP contribution < -0.4 is 0 Å². The summed E-state index contributed by atoms with van der Waals surface area (Å²) in [5.41, 5.74) is 6.34. The summed E-state index contributed by atoms with van der Waals surface area (Å²) in [6, 6.07) is 0. The molecule has 0 aromatic carbocycles. The Balaban J connectivity index is 3.00. The average Bonchev–Trinajstić information content (AvgIpc) is 2.30. The summed E-state index contributed by atoms with van der Waals surface area (Å²) in [6.45, 7) is 13.2. The van der Waals surface area contributed by atoms with E-state index < -0.39 is 8.07 Å². The third-order valence-corrected chi connectivity index (χ3v) is 3.96. The van der Waals surface area contributed by atoms with Gasteiger partial charge in [0.1, 0.15) is 0 Å². The molecule has 0 bridgehead atoms. The zero-order valence-electron chi connectivity index (χ0n) is 13.1. The number of unbranched alkanes of at least 4 members (excludes halogenated alkanes) is 1. The van der Waals surface area contributed by atoms with Gasteiger partial charge >= 0.3 is 0 Å². The van der Waals surface area contributed by atoms with Gasteiger partial charge < -0.3 is 0 Å². The summed E-state index contributed by atoms with van der Waals surface area (Å²) in [7, 11) is -1.18. The van der Waals surface area contributed by atoms with Crippen molar-refractivity contribution in [1.29, 1.82) is 0 Å². The summed E-state index contributed by atoms with van der Waals surface area (Å²) in [5.74, 6) is 0. The highest BCUT2D eigenvalue weighted by molar-refractivity contribution is 6.81. The van der Waals surface area contributed by atoms with Gasteiger partial charge in [0, 0.05) is 0 Å². The van der Waals surface area contributed by atoms with E-state index in [2.05, 4.69) is 60.5 Å². The van der Waals surface area contributed by atoms with Crippen molar-refractivity contribution in [2.45, 2.75) is 53.3 Å². The molecule has 0 fully saturated rings. The number of nitrogens with zero attached hydrogens (tertiary/aromatic N) is 2. The van der Waals surface area contributed by atoms with E-state index in [1.165, 1.54) is 6.42 Å². The summed E-state index contributed by atoms with van der Waals surface area (Å²) in [5, 5.41) is 0. The number of aryl methyl sites for hydroxylation is 2. The maximum Gasteiger partial charge on any atom is 0.0842 e. The zero-order chi connectivity index (χ0) is 14.5. The van der Waals surface area contributed by atoms with Crippen molar-refractivity contribution in [2.24, 2.45) is 0 Å². The molecule has 1 heterocycles. The van der Waals surface area contributed by atoms with Crippen LogP contribution in [0.5, 0.6) is 0 Å². The predicted octanol–water partition coefficient (Wildman–Crippen LogP) is 4.80. The Morgan fingerprint density at radius 1 is 0.947 bits per heavy atom. The van der Waals surface area contributed by atoms with Gasteiger partial charge in [0.05, 0.1) is 30.8 Å². The molecule has 0 radical (unpaired) electrons. The second-order valence-corrected chi connectivity index (χ2v) is 11.1. The van der Waals surface area contributed by atoms with Crippen LogP contribution in [0.25, 0.3) is 12.2 Å². The highest BCUT2D eigenvalue weighted by atomic mass is 28.3. The van der Waals surface area contributed by atoms with E-state index in [1.807, 2.05) is 13.8 Å². The Morgan fingerprint density at radius 2 is 1.47 bits per heavy atom. The lowest BCUT2D eigenvalue weighted by Gasteiger charge is -2.09. The normalized spacial score (nSPS) is 12.7. The minimum Gasteiger partial charge on any atom is -0.250 e. The van der Waals surface area contributed by atoms with Gasteiger partial charge in [0.15, 0.2) is 0 Å². The predicted molar refractivity (Wildman–Crippen MR) is 87.8 cm³/mol. The van der Waals surface area contributed by atoms with Gasteiger partial charge in [0.25, 0.3) is 0 Å². The molecule has 0 saturated carbocycles. The van der Waals surface area contributed by atoms with Crippen LogP contribution in [0.1, 0.15) is 42.5 Å². The number of aromatic nitrogens is 2. The molecule has 0 aliphatic heterocycles. The van der Waals surface area contributed by atoms with E-state index in [4.69, 9.17) is 0 Å². The largest absolute Gasteiger partial charge is 0.250 e. The van der Waals surface area contributed by atoms with Crippen LogP contribution in [0, 0.1) is 13.8 Å². The highest BCUT2D eigenvalue weighted by Gasteiger charge is 2.09. The molecule has 19 heavy (non-hydrogen) atoms. The van der Waals surface area contributed by atoms with Crippen LogP contribution in [0.3, 0.4) is 0 Å². The quantitative estimate of drug-likeness (QED) is 0.721. The molecular weight excluding hydrogens is 248 g/mol. The van der Waals surface area contributed by atoms with Gasteiger partial charge in [-0.25, -0.2) is 9.97 Å². The van der Waals surface area contributed by atoms with Gasteiger partial charge in [0.2, 0.25) is 0 Å². The van der Waals surface area contributed by atoms with Gasteiger partial charge in [-0.2, -0.15) is 0 Å². The zero-order valence-corrected chi connectivity index (χ0v) is 14.1. The maximum atomic E-state index is 4.68. The van der Waals surface area contributed by atoms with Crippen molar-refractivity contribution in [3.8, 4) is 0 Å². The first kappa shape index (κ1) is 15.8. The molecule has 1 rings (SSSR count). The minimum absolute atomic E-state index is 0.996.